The normalized spacial score (nSPS) is 14.5. The van der Waals surface area contributed by atoms with Crippen molar-refractivity contribution < 1.29 is 5.11 Å². The molecule has 0 aliphatic carbocycles. The van der Waals surface area contributed by atoms with Crippen molar-refractivity contribution in [2.24, 2.45) is 0 Å². The standard InChI is InChI=1S/C20H18Cl2N6O.C2H6/c21-15-5-11(6-16(22)19(15)29)14-8-24-20-17(14)18(25-10-26-20)12-7-27-28(9-12)13-1-3-23-4-2-13;1-2/h5-10,13,23,29H,1-4H2,(H,24,25,26);1-2H3. The van der Waals surface area contributed by atoms with Crippen LogP contribution in [0.2, 0.25) is 10.0 Å². The molecule has 0 saturated carbocycles. The van der Waals surface area contributed by atoms with Crippen molar-refractivity contribution >= 4 is 34.2 Å². The second-order valence-corrected chi connectivity index (χ2v) is 7.94. The summed E-state index contributed by atoms with van der Waals surface area (Å²) < 4.78 is 2.03. The van der Waals surface area contributed by atoms with Crippen molar-refractivity contribution in [2.75, 3.05) is 13.1 Å². The van der Waals surface area contributed by atoms with Crippen LogP contribution >= 0.6 is 23.2 Å². The van der Waals surface area contributed by atoms with E-state index in [1.54, 1.807) is 12.1 Å². The molecule has 0 atom stereocenters. The summed E-state index contributed by atoms with van der Waals surface area (Å²) in [5.74, 6) is -0.128. The summed E-state index contributed by atoms with van der Waals surface area (Å²) in [6.45, 7) is 6.00. The van der Waals surface area contributed by atoms with Crippen molar-refractivity contribution in [3.8, 4) is 28.1 Å². The van der Waals surface area contributed by atoms with Crippen LogP contribution < -0.4 is 5.32 Å². The van der Waals surface area contributed by atoms with E-state index in [2.05, 4.69) is 25.4 Å². The number of piperidine rings is 1. The molecule has 0 amide bonds. The van der Waals surface area contributed by atoms with Crippen LogP contribution in [0.4, 0.5) is 0 Å². The van der Waals surface area contributed by atoms with Crippen molar-refractivity contribution in [1.82, 2.24) is 30.0 Å². The summed E-state index contributed by atoms with van der Waals surface area (Å²) in [7, 11) is 0. The highest BCUT2D eigenvalue weighted by Gasteiger charge is 2.20. The van der Waals surface area contributed by atoms with E-state index in [4.69, 9.17) is 23.2 Å². The SMILES string of the molecule is CC.Oc1c(Cl)cc(-c2c[nH]c3ncnc(-c4cnn(C5CCNCC5)c4)c23)cc1Cl. The Morgan fingerprint density at radius 1 is 1.06 bits per heavy atom. The lowest BCUT2D eigenvalue weighted by molar-refractivity contribution is 0.343. The molecule has 0 spiro atoms. The number of fused-ring (bicyclic) bond motifs is 1. The van der Waals surface area contributed by atoms with Gasteiger partial charge in [0, 0.05) is 23.5 Å². The van der Waals surface area contributed by atoms with Crippen molar-refractivity contribution in [3.05, 3.63) is 47.1 Å². The van der Waals surface area contributed by atoms with Crippen LogP contribution in [-0.4, -0.2) is 42.9 Å². The Morgan fingerprint density at radius 2 is 1.77 bits per heavy atom. The molecule has 1 aliphatic rings. The summed E-state index contributed by atoms with van der Waals surface area (Å²) in [5, 5.41) is 19.1. The Morgan fingerprint density at radius 3 is 2.48 bits per heavy atom. The number of benzene rings is 1. The van der Waals surface area contributed by atoms with Gasteiger partial charge in [0.05, 0.1) is 33.4 Å². The number of phenolic OH excluding ortho intramolecular Hbond substituents is 1. The minimum absolute atomic E-state index is 0.128. The molecule has 162 valence electrons. The zero-order valence-electron chi connectivity index (χ0n) is 17.4. The third-order valence-corrected chi connectivity index (χ3v) is 5.93. The molecule has 0 radical (unpaired) electrons. The van der Waals surface area contributed by atoms with Gasteiger partial charge in [0.25, 0.3) is 0 Å². The van der Waals surface area contributed by atoms with E-state index >= 15 is 0 Å². The maximum Gasteiger partial charge on any atom is 0.152 e. The molecule has 9 heteroatoms. The lowest BCUT2D eigenvalue weighted by atomic mass is 10.0. The van der Waals surface area contributed by atoms with Crippen LogP contribution in [0.5, 0.6) is 5.75 Å². The quantitative estimate of drug-likeness (QED) is 0.379. The van der Waals surface area contributed by atoms with E-state index in [1.165, 1.54) is 6.33 Å². The number of hydrogen-bond donors (Lipinski definition) is 3. The molecular formula is C22H24Cl2N6O. The minimum Gasteiger partial charge on any atom is -0.505 e. The Bertz CT molecular complexity index is 1170. The molecule has 0 unspecified atom stereocenters. The number of nitrogens with one attached hydrogen (secondary N) is 2. The number of aromatic nitrogens is 5. The number of aromatic amines is 1. The number of hydrogen-bond acceptors (Lipinski definition) is 5. The zero-order chi connectivity index (χ0) is 22.0. The topological polar surface area (TPSA) is 91.7 Å². The molecule has 0 bridgehead atoms. The van der Waals surface area contributed by atoms with Crippen molar-refractivity contribution in [3.63, 3.8) is 0 Å². The van der Waals surface area contributed by atoms with Gasteiger partial charge in [-0.3, -0.25) is 4.68 Å². The highest BCUT2D eigenvalue weighted by molar-refractivity contribution is 6.37. The van der Waals surface area contributed by atoms with Gasteiger partial charge < -0.3 is 15.4 Å². The van der Waals surface area contributed by atoms with Crippen LogP contribution in [0.25, 0.3) is 33.4 Å². The van der Waals surface area contributed by atoms with Crippen LogP contribution in [-0.2, 0) is 0 Å². The number of aromatic hydroxyl groups is 1. The largest absolute Gasteiger partial charge is 0.505 e. The monoisotopic (exact) mass is 458 g/mol. The molecule has 31 heavy (non-hydrogen) atoms. The maximum absolute atomic E-state index is 9.89. The summed E-state index contributed by atoms with van der Waals surface area (Å²) in [6, 6.07) is 3.75. The van der Waals surface area contributed by atoms with Gasteiger partial charge in [0.2, 0.25) is 0 Å². The second kappa shape index (κ2) is 9.26. The van der Waals surface area contributed by atoms with Crippen LogP contribution in [0, 0.1) is 0 Å². The van der Waals surface area contributed by atoms with Gasteiger partial charge in [-0.1, -0.05) is 37.0 Å². The zero-order valence-corrected chi connectivity index (χ0v) is 18.9. The Hall–Kier alpha value is -2.61. The minimum atomic E-state index is -0.128. The molecule has 5 rings (SSSR count). The van der Waals surface area contributed by atoms with Crippen molar-refractivity contribution in [1.29, 1.82) is 0 Å². The molecule has 7 nitrogen and oxygen atoms in total. The lowest BCUT2D eigenvalue weighted by Crippen LogP contribution is -2.29. The van der Waals surface area contributed by atoms with Gasteiger partial charge in [-0.25, -0.2) is 9.97 Å². The van der Waals surface area contributed by atoms with Crippen LogP contribution in [0.1, 0.15) is 32.7 Å². The third kappa shape index (κ3) is 4.13. The van der Waals surface area contributed by atoms with Crippen LogP contribution in [0.15, 0.2) is 37.1 Å². The summed E-state index contributed by atoms with van der Waals surface area (Å²) in [4.78, 5) is 12.1. The first-order valence-corrected chi connectivity index (χ1v) is 11.1. The summed E-state index contributed by atoms with van der Waals surface area (Å²) in [5.41, 5.74) is 4.04. The highest BCUT2D eigenvalue weighted by atomic mass is 35.5. The molecule has 3 N–H and O–H groups in total. The van der Waals surface area contributed by atoms with E-state index in [9.17, 15) is 5.11 Å². The van der Waals surface area contributed by atoms with E-state index in [-0.39, 0.29) is 15.8 Å². The molecule has 4 heterocycles. The Balaban J connectivity index is 0.00000112. The van der Waals surface area contributed by atoms with Crippen molar-refractivity contribution in [2.45, 2.75) is 32.7 Å². The molecule has 1 saturated heterocycles. The number of nitrogens with zero attached hydrogens (tertiary/aromatic N) is 4. The predicted octanol–water partition coefficient (Wildman–Crippen LogP) is 5.45. The number of H-pyrrole nitrogens is 1. The van der Waals surface area contributed by atoms with Gasteiger partial charge in [0.15, 0.2) is 5.75 Å². The third-order valence-electron chi connectivity index (χ3n) is 5.36. The highest BCUT2D eigenvalue weighted by Crippen LogP contribution is 2.40. The first kappa shape index (κ1) is 21.6. The smallest absolute Gasteiger partial charge is 0.152 e. The van der Waals surface area contributed by atoms with E-state index < -0.39 is 0 Å². The average molecular weight is 459 g/mol. The number of halogens is 2. The first-order chi connectivity index (χ1) is 15.1. The van der Waals surface area contributed by atoms with Gasteiger partial charge >= 0.3 is 0 Å². The molecular weight excluding hydrogens is 435 g/mol. The summed E-state index contributed by atoms with van der Waals surface area (Å²) >= 11 is 12.3. The van der Waals surface area contributed by atoms with E-state index in [0.29, 0.717) is 11.7 Å². The Labute approximate surface area is 190 Å². The maximum atomic E-state index is 9.89. The molecule has 3 aromatic heterocycles. The fourth-order valence-electron chi connectivity index (χ4n) is 3.86. The molecule has 1 fully saturated rings. The molecule has 4 aromatic rings. The fraction of sp³-hybridized carbons (Fsp3) is 0.318. The van der Waals surface area contributed by atoms with E-state index in [0.717, 1.165) is 53.7 Å². The fourth-order valence-corrected chi connectivity index (χ4v) is 4.35. The van der Waals surface area contributed by atoms with Crippen LogP contribution in [0.3, 0.4) is 0 Å². The first-order valence-electron chi connectivity index (χ1n) is 10.4. The van der Waals surface area contributed by atoms with Gasteiger partial charge in [0.1, 0.15) is 12.0 Å². The van der Waals surface area contributed by atoms with Gasteiger partial charge in [-0.2, -0.15) is 5.10 Å². The predicted molar refractivity (Wildman–Crippen MR) is 125 cm³/mol. The molecule has 1 aliphatic heterocycles. The number of phenols is 1. The second-order valence-electron chi connectivity index (χ2n) is 7.13. The summed E-state index contributed by atoms with van der Waals surface area (Å²) in [6.07, 6.45) is 9.39. The lowest BCUT2D eigenvalue weighted by Gasteiger charge is -2.22. The molecule has 1 aromatic carbocycles. The van der Waals surface area contributed by atoms with Gasteiger partial charge in [-0.15, -0.1) is 0 Å². The Kier molecular flexibility index (Phi) is 6.46. The van der Waals surface area contributed by atoms with Gasteiger partial charge in [-0.05, 0) is 43.6 Å². The van der Waals surface area contributed by atoms with E-state index in [1.807, 2.05) is 37.1 Å². The number of rotatable bonds is 3. The average Bonchev–Trinajstić information content (AvgIpc) is 3.47.